The molecule has 6 rings (SSSR count). The quantitative estimate of drug-likeness (QED) is 0.101. The summed E-state index contributed by atoms with van der Waals surface area (Å²) in [6.45, 7) is 11.7. The number of benzene rings is 3. The second-order valence-corrected chi connectivity index (χ2v) is 19.9. The van der Waals surface area contributed by atoms with Crippen molar-refractivity contribution < 1.29 is 28.3 Å². The molecule has 0 saturated carbocycles. The third-order valence-electron chi connectivity index (χ3n) is 11.4. The summed E-state index contributed by atoms with van der Waals surface area (Å²) in [7, 11) is -3.59. The monoisotopic (exact) mass is 778 g/mol. The van der Waals surface area contributed by atoms with Crippen LogP contribution in [0.5, 0.6) is 0 Å². The van der Waals surface area contributed by atoms with Gasteiger partial charge in [0, 0.05) is 49.5 Å². The first-order valence-corrected chi connectivity index (χ1v) is 22.7. The van der Waals surface area contributed by atoms with E-state index in [0.29, 0.717) is 23.4 Å². The van der Waals surface area contributed by atoms with Gasteiger partial charge in [-0.3, -0.25) is 14.4 Å². The molecule has 4 atom stereocenters. The van der Waals surface area contributed by atoms with Crippen LogP contribution < -0.4 is 9.91 Å². The van der Waals surface area contributed by atoms with Crippen molar-refractivity contribution in [3.63, 3.8) is 0 Å². The molecule has 3 aliphatic rings. The van der Waals surface area contributed by atoms with Gasteiger partial charge in [-0.15, -0.1) is 0 Å². The number of anilines is 2. The van der Waals surface area contributed by atoms with E-state index >= 15 is 8.90 Å². The van der Waals surface area contributed by atoms with Gasteiger partial charge in [-0.05, 0) is 76.0 Å². The number of nitrogens with zero attached hydrogens (tertiary/aromatic N) is 4. The normalized spacial score (nSPS) is 22.4. The molecule has 1 fully saturated rings. The standard InChI is InChI=1S/C45H55FN4O5Si/c1-31(2)14-13-15-32(3)24-25-49-39-22-20-36(50-41(52)23-21-38(47-50)35-18-11-8-12-19-35)28-37(39)45(44(49)54)33(4)43(56(5,6)46)40(55-45)29-42(53)48(26-27-51)30-34-16-9-7-10-17-34/h7-12,14,16-20,22,24,28,33,40,43,51H,13,15,21,23,25-27,29-30H2,1-6H3/b32-24+/t33-,40+,43-,45+/m1/s1. The lowest BCUT2D eigenvalue weighted by Gasteiger charge is -2.31. The molecule has 3 aliphatic heterocycles. The summed E-state index contributed by atoms with van der Waals surface area (Å²) in [6, 6.07) is 24.7. The number of fused-ring (bicyclic) bond motifs is 2. The van der Waals surface area contributed by atoms with Crippen LogP contribution in [0, 0.1) is 5.92 Å². The minimum Gasteiger partial charge on any atom is -0.395 e. The average molecular weight is 779 g/mol. The SMILES string of the molecule is CC(C)=CCC/C(C)=C/CN1C(=O)[C@@]2(O[C@@H](CC(=O)N(CCO)Cc3ccccc3)[C@H]([Si](C)(C)F)[C@H]2C)c2cc(N3N=C(c4ccccc4)CCC3=O)ccc21. The second kappa shape index (κ2) is 17.2. The highest BCUT2D eigenvalue weighted by molar-refractivity contribution is 6.72. The first kappa shape index (κ1) is 40.9. The Hall–Kier alpha value is -4.71. The van der Waals surface area contributed by atoms with E-state index in [2.05, 4.69) is 32.9 Å². The first-order chi connectivity index (χ1) is 26.7. The molecular weight excluding hydrogens is 724 g/mol. The van der Waals surface area contributed by atoms with Crippen molar-refractivity contribution in [2.24, 2.45) is 11.0 Å². The van der Waals surface area contributed by atoms with E-state index < -0.39 is 31.6 Å². The fourth-order valence-corrected chi connectivity index (χ4v) is 11.1. The molecule has 3 aromatic carbocycles. The molecule has 3 heterocycles. The summed E-state index contributed by atoms with van der Waals surface area (Å²) in [5.41, 5.74) is 4.36. The Balaban J connectivity index is 1.41. The Kier molecular flexibility index (Phi) is 12.6. The Morgan fingerprint density at radius 2 is 1.71 bits per heavy atom. The highest BCUT2D eigenvalue weighted by Crippen LogP contribution is 2.60. The molecule has 0 bridgehead atoms. The molecule has 1 spiro atoms. The third kappa shape index (κ3) is 8.50. The van der Waals surface area contributed by atoms with Crippen molar-refractivity contribution in [3.05, 3.63) is 119 Å². The molecule has 0 aliphatic carbocycles. The lowest BCUT2D eigenvalue weighted by atomic mass is 9.82. The zero-order valence-electron chi connectivity index (χ0n) is 33.5. The van der Waals surface area contributed by atoms with Crippen molar-refractivity contribution in [3.8, 4) is 0 Å². The average Bonchev–Trinajstić information content (AvgIpc) is 3.59. The van der Waals surface area contributed by atoms with Crippen molar-refractivity contribution >= 4 is 43.2 Å². The van der Waals surface area contributed by atoms with Gasteiger partial charge in [0.15, 0.2) is 5.60 Å². The number of hydrazone groups is 1. The van der Waals surface area contributed by atoms with Crippen molar-refractivity contribution in [2.45, 2.75) is 96.7 Å². The number of hydrogen-bond donors (Lipinski definition) is 1. The Bertz CT molecular complexity index is 2010. The second-order valence-electron chi connectivity index (χ2n) is 16.1. The number of aliphatic hydroxyl groups excluding tert-OH is 1. The molecule has 9 nitrogen and oxygen atoms in total. The van der Waals surface area contributed by atoms with Gasteiger partial charge in [0.2, 0.25) is 20.2 Å². The summed E-state index contributed by atoms with van der Waals surface area (Å²) in [6.07, 6.45) is 5.71. The number of hydrogen-bond acceptors (Lipinski definition) is 6. The summed E-state index contributed by atoms with van der Waals surface area (Å²) in [5, 5.41) is 16.1. The van der Waals surface area contributed by atoms with Crippen LogP contribution in [0.15, 0.2) is 107 Å². The first-order valence-electron chi connectivity index (χ1n) is 19.7. The molecule has 0 radical (unpaired) electrons. The smallest absolute Gasteiger partial charge is 0.264 e. The number of allylic oxidation sites excluding steroid dienone is 3. The highest BCUT2D eigenvalue weighted by Gasteiger charge is 2.67. The van der Waals surface area contributed by atoms with Crippen LogP contribution in [-0.2, 0) is 31.3 Å². The predicted octanol–water partition coefficient (Wildman–Crippen LogP) is 8.44. The van der Waals surface area contributed by atoms with Crippen LogP contribution in [-0.4, -0.2) is 67.6 Å². The van der Waals surface area contributed by atoms with Gasteiger partial charge in [0.05, 0.1) is 36.2 Å². The fourth-order valence-electron chi connectivity index (χ4n) is 8.60. The van der Waals surface area contributed by atoms with Crippen molar-refractivity contribution in [1.29, 1.82) is 0 Å². The molecule has 296 valence electrons. The fraction of sp³-hybridized carbons (Fsp3) is 0.422. The van der Waals surface area contributed by atoms with Gasteiger partial charge in [-0.1, -0.05) is 90.9 Å². The van der Waals surface area contributed by atoms with Crippen LogP contribution in [0.4, 0.5) is 15.5 Å². The molecule has 1 saturated heterocycles. The van der Waals surface area contributed by atoms with E-state index in [1.54, 1.807) is 29.0 Å². The molecule has 3 amide bonds. The highest BCUT2D eigenvalue weighted by atomic mass is 28.4. The number of carbonyl (C=O) groups excluding carboxylic acids is 3. The van der Waals surface area contributed by atoms with Gasteiger partial charge in [0.25, 0.3) is 5.91 Å². The Morgan fingerprint density at radius 3 is 2.38 bits per heavy atom. The summed E-state index contributed by atoms with van der Waals surface area (Å²) < 4.78 is 23.7. The zero-order chi connectivity index (χ0) is 40.2. The van der Waals surface area contributed by atoms with Gasteiger partial charge in [-0.2, -0.15) is 5.10 Å². The van der Waals surface area contributed by atoms with Gasteiger partial charge >= 0.3 is 0 Å². The lowest BCUT2D eigenvalue weighted by Crippen LogP contribution is -2.45. The van der Waals surface area contributed by atoms with E-state index in [1.807, 2.05) is 79.7 Å². The van der Waals surface area contributed by atoms with E-state index in [9.17, 15) is 14.7 Å². The number of carbonyl (C=O) groups is 3. The number of aliphatic hydroxyl groups is 1. The molecule has 0 aromatic heterocycles. The molecule has 1 N–H and O–H groups in total. The maximum Gasteiger partial charge on any atom is 0.264 e. The van der Waals surface area contributed by atoms with Gasteiger partial charge in [-0.25, -0.2) is 5.01 Å². The molecule has 56 heavy (non-hydrogen) atoms. The van der Waals surface area contributed by atoms with Gasteiger partial charge < -0.3 is 23.8 Å². The van der Waals surface area contributed by atoms with E-state index in [0.717, 1.165) is 35.3 Å². The minimum atomic E-state index is -3.59. The summed E-state index contributed by atoms with van der Waals surface area (Å²) >= 11 is 0. The van der Waals surface area contributed by atoms with Crippen LogP contribution in [0.25, 0.3) is 0 Å². The summed E-state index contributed by atoms with van der Waals surface area (Å²) in [5.74, 6) is -1.40. The maximum absolute atomic E-state index is 16.7. The molecule has 3 aromatic rings. The largest absolute Gasteiger partial charge is 0.395 e. The maximum atomic E-state index is 16.7. The van der Waals surface area contributed by atoms with Crippen LogP contribution in [0.2, 0.25) is 18.6 Å². The van der Waals surface area contributed by atoms with E-state index in [4.69, 9.17) is 9.84 Å². The van der Waals surface area contributed by atoms with Crippen molar-refractivity contribution in [1.82, 2.24) is 4.90 Å². The van der Waals surface area contributed by atoms with Crippen LogP contribution in [0.3, 0.4) is 0 Å². The van der Waals surface area contributed by atoms with E-state index in [-0.39, 0.29) is 56.8 Å². The topological polar surface area (TPSA) is 103 Å². The number of rotatable bonds is 14. The van der Waals surface area contributed by atoms with Gasteiger partial charge in [0.1, 0.15) is 0 Å². The van der Waals surface area contributed by atoms with Crippen LogP contribution >= 0.6 is 0 Å². The molecular formula is C45H55FN4O5Si. The molecule has 11 heteroatoms. The lowest BCUT2D eigenvalue weighted by molar-refractivity contribution is -0.149. The summed E-state index contributed by atoms with van der Waals surface area (Å²) in [4.78, 5) is 45.9. The third-order valence-corrected chi connectivity index (χ3v) is 13.8. The minimum absolute atomic E-state index is 0.107. The van der Waals surface area contributed by atoms with E-state index in [1.165, 1.54) is 10.6 Å². The van der Waals surface area contributed by atoms with Crippen LogP contribution in [0.1, 0.15) is 76.5 Å². The number of ether oxygens (including phenoxy) is 1. The Labute approximate surface area is 331 Å². The number of halogens is 1. The molecule has 0 unspecified atom stereocenters. The predicted molar refractivity (Wildman–Crippen MR) is 223 cm³/mol. The van der Waals surface area contributed by atoms with Crippen molar-refractivity contribution in [2.75, 3.05) is 29.6 Å². The number of amides is 3. The Morgan fingerprint density at radius 1 is 1.02 bits per heavy atom. The zero-order valence-corrected chi connectivity index (χ0v) is 34.5.